The van der Waals surface area contributed by atoms with Crippen LogP contribution in [0.4, 0.5) is 0 Å². The second-order valence-corrected chi connectivity index (χ2v) is 23.4. The van der Waals surface area contributed by atoms with Gasteiger partial charge in [-0.2, -0.15) is 0 Å². The molecule has 0 amide bonds. The summed E-state index contributed by atoms with van der Waals surface area (Å²) >= 11 is 0. The van der Waals surface area contributed by atoms with E-state index in [2.05, 4.69) is 47.6 Å². The Morgan fingerprint density at radius 1 is 0.712 bits per heavy atom. The summed E-state index contributed by atoms with van der Waals surface area (Å²) in [6.45, 7) is 16.0. The number of carboxylic acid groups (broad SMARTS) is 1. The topological polar surface area (TPSA) is 292 Å². The first kappa shape index (κ1) is 50.7. The van der Waals surface area contributed by atoms with Crippen molar-refractivity contribution in [3.63, 3.8) is 0 Å². The van der Waals surface area contributed by atoms with Gasteiger partial charge in [-0.25, -0.2) is 4.79 Å². The van der Waals surface area contributed by atoms with E-state index in [1.54, 1.807) is 0 Å². The van der Waals surface area contributed by atoms with E-state index in [4.69, 9.17) is 28.4 Å². The number of carbonyl (C=O) groups excluding carboxylic acids is 1. The van der Waals surface area contributed by atoms with Crippen molar-refractivity contribution in [3.05, 3.63) is 11.6 Å². The molecule has 66 heavy (non-hydrogen) atoms. The molecule has 0 spiro atoms. The van der Waals surface area contributed by atoms with Crippen LogP contribution in [-0.4, -0.2) is 174 Å². The van der Waals surface area contributed by atoms with Crippen LogP contribution in [0.15, 0.2) is 11.6 Å². The highest BCUT2D eigenvalue weighted by Gasteiger charge is 2.70. The molecule has 8 rings (SSSR count). The minimum Gasteiger partial charge on any atom is -0.479 e. The lowest BCUT2D eigenvalue weighted by Crippen LogP contribution is -2.68. The van der Waals surface area contributed by atoms with Crippen LogP contribution >= 0.6 is 0 Å². The average Bonchev–Trinajstić information content (AvgIpc) is 3.25. The summed E-state index contributed by atoms with van der Waals surface area (Å²) in [6.07, 6.45) is -17.8. The quantitative estimate of drug-likeness (QED) is 0.114. The van der Waals surface area contributed by atoms with Crippen molar-refractivity contribution < 1.29 is 89.1 Å². The number of hydrogen-bond donors (Lipinski definition) is 10. The zero-order chi connectivity index (χ0) is 48.4. The van der Waals surface area contributed by atoms with Gasteiger partial charge in [0.15, 0.2) is 25.0 Å². The number of allylic oxidation sites excluding steroid dienone is 2. The second kappa shape index (κ2) is 17.5. The number of aliphatic carboxylic acids is 1. The van der Waals surface area contributed by atoms with Crippen LogP contribution in [0, 0.1) is 50.2 Å². The van der Waals surface area contributed by atoms with Crippen LogP contribution < -0.4 is 0 Å². The number of rotatable bonds is 9. The molecule has 0 aromatic carbocycles. The summed E-state index contributed by atoms with van der Waals surface area (Å²) in [6, 6.07) is 0. The van der Waals surface area contributed by atoms with Crippen LogP contribution in [0.2, 0.25) is 0 Å². The van der Waals surface area contributed by atoms with Crippen molar-refractivity contribution in [3.8, 4) is 0 Å². The molecular weight excluding hydrogens is 865 g/mol. The van der Waals surface area contributed by atoms with Gasteiger partial charge in [0.1, 0.15) is 66.8 Å². The number of fused-ring (bicyclic) bond motifs is 7. The molecule has 0 aromatic heterocycles. The first-order valence-corrected chi connectivity index (χ1v) is 24.1. The van der Waals surface area contributed by atoms with Crippen LogP contribution in [0.1, 0.15) is 113 Å². The van der Waals surface area contributed by atoms with Crippen LogP contribution in [0.5, 0.6) is 0 Å². The largest absolute Gasteiger partial charge is 0.479 e. The average molecular weight is 941 g/mol. The monoisotopic (exact) mass is 941 g/mol. The summed E-state index contributed by atoms with van der Waals surface area (Å²) in [5.41, 5.74) is -0.509. The lowest BCUT2D eigenvalue weighted by Gasteiger charge is -2.71. The summed E-state index contributed by atoms with van der Waals surface area (Å²) in [5.74, 6) is -0.928. The molecule has 4 saturated carbocycles. The van der Waals surface area contributed by atoms with Gasteiger partial charge >= 0.3 is 5.97 Å². The molecule has 0 aromatic rings. The van der Waals surface area contributed by atoms with Gasteiger partial charge in [-0.3, -0.25) is 4.79 Å². The molecular formula is C48H76O18. The highest BCUT2D eigenvalue weighted by molar-refractivity contribution is 5.87. The number of aliphatic hydroxyl groups is 9. The smallest absolute Gasteiger partial charge is 0.335 e. The van der Waals surface area contributed by atoms with Crippen molar-refractivity contribution in [1.82, 2.24) is 0 Å². The predicted octanol–water partition coefficient (Wildman–Crippen LogP) is 0.913. The Balaban J connectivity index is 1.08. The molecule has 3 aliphatic heterocycles. The first-order chi connectivity index (χ1) is 30.7. The fourth-order valence-corrected chi connectivity index (χ4v) is 14.9. The molecule has 18 heteroatoms. The number of hydrogen-bond acceptors (Lipinski definition) is 17. The highest BCUT2D eigenvalue weighted by Crippen LogP contribution is 2.75. The molecule has 3 heterocycles. The minimum atomic E-state index is -2.07. The van der Waals surface area contributed by atoms with Crippen molar-refractivity contribution >= 4 is 11.8 Å². The van der Waals surface area contributed by atoms with Gasteiger partial charge in [0.05, 0.1) is 25.4 Å². The van der Waals surface area contributed by atoms with Crippen molar-refractivity contribution in [2.75, 3.05) is 13.2 Å². The Kier molecular flexibility index (Phi) is 13.5. The Bertz CT molecular complexity index is 1860. The van der Waals surface area contributed by atoms with E-state index in [0.29, 0.717) is 25.0 Å². The summed E-state index contributed by atoms with van der Waals surface area (Å²) < 4.78 is 36.2. The lowest BCUT2D eigenvalue weighted by atomic mass is 9.33. The number of carbonyl (C=O) groups is 2. The van der Waals surface area contributed by atoms with E-state index in [9.17, 15) is 60.7 Å². The Morgan fingerprint density at radius 2 is 1.35 bits per heavy atom. The molecule has 7 fully saturated rings. The fourth-order valence-electron chi connectivity index (χ4n) is 14.9. The normalized spacial score (nSPS) is 54.8. The maximum absolute atomic E-state index is 13.8. The van der Waals surface area contributed by atoms with Crippen molar-refractivity contribution in [1.29, 1.82) is 0 Å². The van der Waals surface area contributed by atoms with E-state index in [0.717, 1.165) is 38.5 Å². The SMILES string of the molecule is C[C@@H]1O[C@@H](O[C@H]2[C@H](O[C@H]3[C@H](O[C@H]4CC[C@@]5(C)[C@@H](CC[C@]6(C)[C@@H]5CC=C5[C@@H]7CC(C)(C)CC(=O)[C@]7(C)CC[C@]56C)[C@]4(C)CO)O[C@H](C(=O)O)[C@@H](O)[C@@H]3O)O[C@H](CO)[C@H](O)[C@@H]2O)[C@H](O)[C@H](O)[C@H]1O. The fraction of sp³-hybridized carbons (Fsp3) is 0.917. The summed E-state index contributed by atoms with van der Waals surface area (Å²) in [7, 11) is 0. The Morgan fingerprint density at radius 3 is 1.98 bits per heavy atom. The first-order valence-electron chi connectivity index (χ1n) is 24.1. The molecule has 8 aliphatic rings. The van der Waals surface area contributed by atoms with E-state index >= 15 is 0 Å². The van der Waals surface area contributed by atoms with Crippen molar-refractivity contribution in [2.24, 2.45) is 50.2 Å². The molecule has 0 radical (unpaired) electrons. The number of carboxylic acids is 1. The number of Topliss-reactive ketones (excluding diaryl/α,β-unsaturated/α-hetero) is 1. The summed E-state index contributed by atoms with van der Waals surface area (Å²) in [5, 5.41) is 108. The van der Waals surface area contributed by atoms with E-state index < -0.39 is 116 Å². The van der Waals surface area contributed by atoms with E-state index in [-0.39, 0.29) is 51.4 Å². The lowest BCUT2D eigenvalue weighted by molar-refractivity contribution is -0.396. The van der Waals surface area contributed by atoms with Gasteiger partial charge in [0.25, 0.3) is 0 Å². The van der Waals surface area contributed by atoms with Gasteiger partial charge in [0, 0.05) is 17.3 Å². The van der Waals surface area contributed by atoms with E-state index in [1.165, 1.54) is 12.5 Å². The molecule has 24 atom stereocenters. The van der Waals surface area contributed by atoms with Crippen molar-refractivity contribution in [2.45, 2.75) is 211 Å². The molecule has 0 bridgehead atoms. The molecule has 0 unspecified atom stereocenters. The van der Waals surface area contributed by atoms with Gasteiger partial charge in [-0.15, -0.1) is 0 Å². The van der Waals surface area contributed by atoms with Gasteiger partial charge < -0.3 is 79.5 Å². The van der Waals surface area contributed by atoms with Gasteiger partial charge in [0.2, 0.25) is 0 Å². The third kappa shape index (κ3) is 7.70. The van der Waals surface area contributed by atoms with Gasteiger partial charge in [-0.05, 0) is 97.7 Å². The standard InChI is InChI=1S/C48H76O18/c1-21-29(52)31(54)35(58)40(61-21)65-37-32(55)30(53)24(19-49)62-41(37)66-38-34(57)33(56)36(39(59)60)64-42(38)63-28-12-13-45(5)25(46(28,6)20-50)11-14-48(8)26(45)10-9-22-23-17-43(2,3)18-27(51)44(23,4)15-16-47(22,48)7/h9,21,23-26,28-38,40-42,49-50,52-58H,10-20H2,1-8H3,(H,59,60)/t21-,23-,24+,25+,26+,28-,29-,30-,31+,32-,33-,34-,35+,36-,37+,38+,40-,41-,42+,44+,45-,46-,47+,48+/m0/s1. The van der Waals surface area contributed by atoms with Crippen LogP contribution in [0.25, 0.3) is 0 Å². The Labute approximate surface area is 386 Å². The highest BCUT2D eigenvalue weighted by atomic mass is 16.8. The Hall–Kier alpha value is -1.72. The third-order valence-corrected chi connectivity index (χ3v) is 19.2. The molecule has 10 N–H and O–H groups in total. The summed E-state index contributed by atoms with van der Waals surface area (Å²) in [4.78, 5) is 26.3. The van der Waals surface area contributed by atoms with E-state index in [1.807, 2.05) is 6.92 Å². The molecule has 3 saturated heterocycles. The molecule has 376 valence electrons. The molecule has 18 nitrogen and oxygen atoms in total. The predicted molar refractivity (Wildman–Crippen MR) is 230 cm³/mol. The minimum absolute atomic E-state index is 0.0830. The van der Waals surface area contributed by atoms with Gasteiger partial charge in [-0.1, -0.05) is 60.1 Å². The zero-order valence-electron chi connectivity index (χ0n) is 39.6. The maximum atomic E-state index is 13.8. The number of aliphatic hydroxyl groups excluding tert-OH is 9. The second-order valence-electron chi connectivity index (χ2n) is 23.4. The molecule has 5 aliphatic carbocycles. The number of ether oxygens (including phenoxy) is 6. The van der Waals surface area contributed by atoms with Crippen LogP contribution in [0.3, 0.4) is 0 Å². The number of ketones is 1. The zero-order valence-corrected chi connectivity index (χ0v) is 39.6. The third-order valence-electron chi connectivity index (χ3n) is 19.2. The van der Waals surface area contributed by atoms with Crippen LogP contribution in [-0.2, 0) is 38.0 Å². The maximum Gasteiger partial charge on any atom is 0.335 e.